The van der Waals surface area contributed by atoms with Gasteiger partial charge in [0, 0.05) is 18.7 Å². The molecule has 106 valence electrons. The number of carbonyl (C=O) groups is 1. The Morgan fingerprint density at radius 1 is 1.26 bits per heavy atom. The lowest BCUT2D eigenvalue weighted by molar-refractivity contribution is 0.0754. The van der Waals surface area contributed by atoms with Gasteiger partial charge in [0.1, 0.15) is 0 Å². The van der Waals surface area contributed by atoms with Gasteiger partial charge in [-0.25, -0.2) is 0 Å². The summed E-state index contributed by atoms with van der Waals surface area (Å²) in [5.41, 5.74) is 0.328. The van der Waals surface area contributed by atoms with E-state index in [0.29, 0.717) is 18.7 Å². The fourth-order valence-corrected chi connectivity index (χ4v) is 1.51. The third kappa shape index (κ3) is 5.61. The monoisotopic (exact) mass is 267 g/mol. The molecular weight excluding hydrogens is 246 g/mol. The van der Waals surface area contributed by atoms with Gasteiger partial charge in [0.15, 0.2) is 11.5 Å². The first-order valence-electron chi connectivity index (χ1n) is 6.42. The zero-order valence-corrected chi connectivity index (χ0v) is 11.3. The molecule has 3 N–H and O–H groups in total. The van der Waals surface area contributed by atoms with E-state index in [1.165, 1.54) is 18.2 Å². The number of hydrogen-bond acceptors (Lipinski definition) is 4. The second-order valence-corrected chi connectivity index (χ2v) is 4.59. The van der Waals surface area contributed by atoms with Crippen LogP contribution in [0.2, 0.25) is 0 Å². The summed E-state index contributed by atoms with van der Waals surface area (Å²) in [6.07, 6.45) is 1.96. The van der Waals surface area contributed by atoms with Crippen LogP contribution in [-0.4, -0.2) is 35.4 Å². The van der Waals surface area contributed by atoms with E-state index in [4.69, 9.17) is 9.84 Å². The van der Waals surface area contributed by atoms with Gasteiger partial charge in [-0.2, -0.15) is 0 Å². The lowest BCUT2D eigenvalue weighted by Gasteiger charge is -2.08. The topological polar surface area (TPSA) is 78.8 Å². The van der Waals surface area contributed by atoms with Crippen molar-refractivity contribution in [3.05, 3.63) is 23.8 Å². The molecule has 0 aliphatic heterocycles. The molecule has 0 radical (unpaired) electrons. The van der Waals surface area contributed by atoms with Crippen LogP contribution in [0, 0.1) is 0 Å². The van der Waals surface area contributed by atoms with E-state index in [-0.39, 0.29) is 23.5 Å². The Morgan fingerprint density at radius 2 is 2.00 bits per heavy atom. The number of phenols is 2. The molecule has 0 bridgehead atoms. The van der Waals surface area contributed by atoms with E-state index in [2.05, 4.69) is 5.32 Å². The average molecular weight is 267 g/mol. The molecule has 0 spiro atoms. The number of aromatic hydroxyl groups is 2. The molecule has 0 atom stereocenters. The van der Waals surface area contributed by atoms with Gasteiger partial charge >= 0.3 is 0 Å². The molecule has 5 nitrogen and oxygen atoms in total. The van der Waals surface area contributed by atoms with Gasteiger partial charge in [-0.15, -0.1) is 0 Å². The second-order valence-electron chi connectivity index (χ2n) is 4.59. The van der Waals surface area contributed by atoms with Crippen LogP contribution in [-0.2, 0) is 4.74 Å². The number of benzene rings is 1. The Balaban J connectivity index is 2.26. The summed E-state index contributed by atoms with van der Waals surface area (Å²) in [6, 6.07) is 4.00. The maximum atomic E-state index is 11.7. The first-order valence-corrected chi connectivity index (χ1v) is 6.42. The van der Waals surface area contributed by atoms with Crippen LogP contribution in [0.1, 0.15) is 37.0 Å². The van der Waals surface area contributed by atoms with Crippen molar-refractivity contribution in [2.24, 2.45) is 0 Å². The molecule has 0 unspecified atom stereocenters. The van der Waals surface area contributed by atoms with E-state index >= 15 is 0 Å². The SMILES string of the molecule is CC(C)OCCCCNC(=O)c1ccc(O)c(O)c1. The lowest BCUT2D eigenvalue weighted by Crippen LogP contribution is -2.24. The summed E-state index contributed by atoms with van der Waals surface area (Å²) in [5, 5.41) is 21.2. The number of rotatable bonds is 7. The molecule has 0 aliphatic rings. The quantitative estimate of drug-likeness (QED) is 0.522. The van der Waals surface area contributed by atoms with Gasteiger partial charge in [-0.1, -0.05) is 0 Å². The molecule has 0 aromatic heterocycles. The van der Waals surface area contributed by atoms with Crippen molar-refractivity contribution < 1.29 is 19.7 Å². The molecule has 0 fully saturated rings. The van der Waals surface area contributed by atoms with Crippen molar-refractivity contribution in [3.63, 3.8) is 0 Å². The van der Waals surface area contributed by atoms with Gasteiger partial charge in [0.25, 0.3) is 5.91 Å². The van der Waals surface area contributed by atoms with E-state index < -0.39 is 0 Å². The van der Waals surface area contributed by atoms with Crippen molar-refractivity contribution in [2.75, 3.05) is 13.2 Å². The minimum absolute atomic E-state index is 0.231. The highest BCUT2D eigenvalue weighted by Crippen LogP contribution is 2.24. The molecule has 1 aromatic rings. The number of unbranched alkanes of at least 4 members (excludes halogenated alkanes) is 1. The summed E-state index contributed by atoms with van der Waals surface area (Å²) in [4.78, 5) is 11.7. The summed E-state index contributed by atoms with van der Waals surface area (Å²) >= 11 is 0. The molecule has 1 rings (SSSR count). The Kier molecular flexibility index (Phi) is 6.15. The van der Waals surface area contributed by atoms with Crippen molar-refractivity contribution in [1.82, 2.24) is 5.32 Å². The molecule has 0 aliphatic carbocycles. The average Bonchev–Trinajstić information content (AvgIpc) is 2.36. The predicted molar refractivity (Wildman–Crippen MR) is 72.4 cm³/mol. The molecule has 1 amide bonds. The van der Waals surface area contributed by atoms with Crippen molar-refractivity contribution in [3.8, 4) is 11.5 Å². The Hall–Kier alpha value is -1.75. The van der Waals surface area contributed by atoms with Crippen LogP contribution in [0.5, 0.6) is 11.5 Å². The van der Waals surface area contributed by atoms with E-state index in [9.17, 15) is 9.90 Å². The number of hydrogen-bond donors (Lipinski definition) is 3. The van der Waals surface area contributed by atoms with E-state index in [0.717, 1.165) is 12.8 Å². The standard InChI is InChI=1S/C14H21NO4/c1-10(2)19-8-4-3-7-15-14(18)11-5-6-12(16)13(17)9-11/h5-6,9-10,16-17H,3-4,7-8H2,1-2H3,(H,15,18). The van der Waals surface area contributed by atoms with Crippen molar-refractivity contribution in [2.45, 2.75) is 32.8 Å². The Labute approximate surface area is 113 Å². The highest BCUT2D eigenvalue weighted by Gasteiger charge is 2.07. The van der Waals surface area contributed by atoms with Crippen LogP contribution < -0.4 is 5.32 Å². The molecule has 5 heteroatoms. The number of carbonyl (C=O) groups excluding carboxylic acids is 1. The molecular formula is C14H21NO4. The highest BCUT2D eigenvalue weighted by molar-refractivity contribution is 5.94. The zero-order valence-electron chi connectivity index (χ0n) is 11.3. The van der Waals surface area contributed by atoms with Crippen molar-refractivity contribution in [1.29, 1.82) is 0 Å². The molecule has 19 heavy (non-hydrogen) atoms. The van der Waals surface area contributed by atoms with Crippen molar-refractivity contribution >= 4 is 5.91 Å². The normalized spacial score (nSPS) is 10.7. The van der Waals surface area contributed by atoms with Gasteiger partial charge in [0.2, 0.25) is 0 Å². The first-order chi connectivity index (χ1) is 9.00. The smallest absolute Gasteiger partial charge is 0.251 e. The fourth-order valence-electron chi connectivity index (χ4n) is 1.51. The van der Waals surface area contributed by atoms with E-state index in [1.54, 1.807) is 0 Å². The third-order valence-corrected chi connectivity index (χ3v) is 2.55. The first kappa shape index (κ1) is 15.3. The largest absolute Gasteiger partial charge is 0.504 e. The third-order valence-electron chi connectivity index (χ3n) is 2.55. The Bertz CT molecular complexity index is 418. The van der Waals surface area contributed by atoms with Gasteiger partial charge in [0.05, 0.1) is 6.10 Å². The van der Waals surface area contributed by atoms with Crippen LogP contribution in [0.15, 0.2) is 18.2 Å². The predicted octanol–water partition coefficient (Wildman–Crippen LogP) is 2.03. The number of ether oxygens (including phenoxy) is 1. The molecule has 0 saturated carbocycles. The minimum atomic E-state index is -0.294. The van der Waals surface area contributed by atoms with Crippen LogP contribution >= 0.6 is 0 Å². The molecule has 1 aromatic carbocycles. The number of nitrogens with one attached hydrogen (secondary N) is 1. The molecule has 0 saturated heterocycles. The van der Waals surface area contributed by atoms with Crippen LogP contribution in [0.4, 0.5) is 0 Å². The zero-order chi connectivity index (χ0) is 14.3. The molecule has 0 heterocycles. The maximum Gasteiger partial charge on any atom is 0.251 e. The number of amides is 1. The maximum absolute atomic E-state index is 11.7. The highest BCUT2D eigenvalue weighted by atomic mass is 16.5. The summed E-state index contributed by atoms with van der Waals surface area (Å²) < 4.78 is 5.39. The summed E-state index contributed by atoms with van der Waals surface area (Å²) in [6.45, 7) is 5.22. The van der Waals surface area contributed by atoms with Gasteiger partial charge < -0.3 is 20.3 Å². The van der Waals surface area contributed by atoms with Crippen LogP contribution in [0.3, 0.4) is 0 Å². The Morgan fingerprint density at radius 3 is 2.63 bits per heavy atom. The van der Waals surface area contributed by atoms with E-state index in [1.807, 2.05) is 13.8 Å². The van der Waals surface area contributed by atoms with Crippen LogP contribution in [0.25, 0.3) is 0 Å². The summed E-state index contributed by atoms with van der Waals surface area (Å²) in [5.74, 6) is -0.791. The van der Waals surface area contributed by atoms with Gasteiger partial charge in [-0.3, -0.25) is 4.79 Å². The fraction of sp³-hybridized carbons (Fsp3) is 0.500. The number of phenolic OH excluding ortho intramolecular Hbond substituents is 2. The van der Waals surface area contributed by atoms with Gasteiger partial charge in [-0.05, 0) is 44.9 Å². The lowest BCUT2D eigenvalue weighted by atomic mass is 10.2. The second kappa shape index (κ2) is 7.63. The summed E-state index contributed by atoms with van der Waals surface area (Å²) in [7, 11) is 0. The minimum Gasteiger partial charge on any atom is -0.504 e.